The molecule has 0 aliphatic carbocycles. The Morgan fingerprint density at radius 3 is 2.65 bits per heavy atom. The van der Waals surface area contributed by atoms with Gasteiger partial charge in [0.25, 0.3) is 9.84 Å². The van der Waals surface area contributed by atoms with Crippen LogP contribution in [0.2, 0.25) is 0 Å². The normalized spacial score (nSPS) is 19.9. The van der Waals surface area contributed by atoms with Gasteiger partial charge in [-0.15, -0.1) is 0 Å². The molecular weight excluding hydrogens is 338 g/mol. The molecule has 1 aliphatic rings. The van der Waals surface area contributed by atoms with Crippen molar-refractivity contribution in [3.63, 3.8) is 0 Å². The van der Waals surface area contributed by atoms with Crippen molar-refractivity contribution in [2.75, 3.05) is 24.6 Å². The van der Waals surface area contributed by atoms with Crippen LogP contribution in [0.15, 0.2) is 23.1 Å². The molecule has 4 nitrogen and oxygen atoms in total. The van der Waals surface area contributed by atoms with Gasteiger partial charge in [0.05, 0.1) is 11.8 Å². The molecule has 2 rings (SSSR count). The van der Waals surface area contributed by atoms with E-state index in [1.165, 1.54) is 4.90 Å². The molecule has 1 unspecified atom stereocenters. The molecule has 130 valence electrons. The number of rotatable bonds is 4. The van der Waals surface area contributed by atoms with E-state index in [0.717, 1.165) is 18.6 Å². The van der Waals surface area contributed by atoms with Crippen LogP contribution < -0.4 is 4.90 Å². The molecule has 0 bridgehead atoms. The van der Waals surface area contributed by atoms with E-state index in [-0.39, 0.29) is 18.3 Å². The lowest BCUT2D eigenvalue weighted by atomic mass is 10.1. The van der Waals surface area contributed by atoms with Gasteiger partial charge in [0.1, 0.15) is 10.7 Å². The molecule has 1 aromatic carbocycles. The lowest BCUT2D eigenvalue weighted by Crippen LogP contribution is -2.40. The first kappa shape index (κ1) is 18.0. The molecule has 0 amide bonds. The Labute approximate surface area is 132 Å². The molecule has 0 aromatic heterocycles. The predicted octanol–water partition coefficient (Wildman–Crippen LogP) is 3.12. The number of alkyl halides is 3. The largest absolute Gasteiger partial charge is 0.501 e. The van der Waals surface area contributed by atoms with E-state index < -0.39 is 26.1 Å². The van der Waals surface area contributed by atoms with Crippen LogP contribution in [-0.4, -0.2) is 39.7 Å². The zero-order valence-corrected chi connectivity index (χ0v) is 13.3. The summed E-state index contributed by atoms with van der Waals surface area (Å²) >= 11 is 0. The fourth-order valence-corrected chi connectivity index (χ4v) is 3.61. The second kappa shape index (κ2) is 6.64. The molecule has 23 heavy (non-hydrogen) atoms. The first-order valence-corrected chi connectivity index (χ1v) is 8.62. The number of sulfone groups is 1. The summed E-state index contributed by atoms with van der Waals surface area (Å²) in [5.74, 6) is -1.03. The van der Waals surface area contributed by atoms with Gasteiger partial charge in [0.2, 0.25) is 0 Å². The summed E-state index contributed by atoms with van der Waals surface area (Å²) < 4.78 is 80.8. The molecule has 0 radical (unpaired) electrons. The topological polar surface area (TPSA) is 46.6 Å². The second-order valence-corrected chi connectivity index (χ2v) is 7.14. The van der Waals surface area contributed by atoms with Crippen molar-refractivity contribution in [2.45, 2.75) is 36.3 Å². The minimum atomic E-state index is -5.63. The van der Waals surface area contributed by atoms with Crippen molar-refractivity contribution < 1.29 is 30.7 Å². The van der Waals surface area contributed by atoms with Crippen LogP contribution in [0.5, 0.6) is 0 Å². The molecule has 1 aromatic rings. The zero-order valence-electron chi connectivity index (χ0n) is 12.4. The molecule has 0 N–H and O–H groups in total. The van der Waals surface area contributed by atoms with Crippen molar-refractivity contribution in [3.05, 3.63) is 24.0 Å². The highest BCUT2D eigenvalue weighted by atomic mass is 32.2. The molecule has 0 spiro atoms. The van der Waals surface area contributed by atoms with Gasteiger partial charge < -0.3 is 9.64 Å². The monoisotopic (exact) mass is 355 g/mol. The van der Waals surface area contributed by atoms with Gasteiger partial charge in [-0.2, -0.15) is 13.2 Å². The molecular formula is C14H17F4NO3S. The summed E-state index contributed by atoms with van der Waals surface area (Å²) in [6.45, 7) is 2.90. The lowest BCUT2D eigenvalue weighted by molar-refractivity contribution is -0.0435. The summed E-state index contributed by atoms with van der Waals surface area (Å²) in [7, 11) is -5.63. The van der Waals surface area contributed by atoms with Crippen molar-refractivity contribution >= 4 is 15.5 Å². The summed E-state index contributed by atoms with van der Waals surface area (Å²) in [6, 6.07) is 2.44. The fourth-order valence-electron chi connectivity index (χ4n) is 2.62. The van der Waals surface area contributed by atoms with Crippen LogP contribution in [0.3, 0.4) is 0 Å². The Hall–Kier alpha value is -1.35. The number of anilines is 1. The molecule has 1 saturated heterocycles. The third kappa shape index (κ3) is 3.77. The Balaban J connectivity index is 2.44. The fraction of sp³-hybridized carbons (Fsp3) is 0.571. The van der Waals surface area contributed by atoms with E-state index in [0.29, 0.717) is 25.6 Å². The Morgan fingerprint density at radius 1 is 1.35 bits per heavy atom. The molecule has 0 saturated carbocycles. The lowest BCUT2D eigenvalue weighted by Gasteiger charge is -2.35. The summed E-state index contributed by atoms with van der Waals surface area (Å²) in [5, 5.41) is 0. The first-order valence-electron chi connectivity index (χ1n) is 7.14. The number of halogens is 4. The van der Waals surface area contributed by atoms with Crippen molar-refractivity contribution in [3.8, 4) is 0 Å². The van der Waals surface area contributed by atoms with E-state index >= 15 is 0 Å². The van der Waals surface area contributed by atoms with Crippen LogP contribution in [0.4, 0.5) is 23.2 Å². The SMILES string of the molecule is CCOC1CCCN(c2ccc(F)cc2S(=O)(=O)C(F)(F)F)C1. The van der Waals surface area contributed by atoms with Crippen LogP contribution in [-0.2, 0) is 14.6 Å². The van der Waals surface area contributed by atoms with Gasteiger partial charge in [-0.3, -0.25) is 0 Å². The van der Waals surface area contributed by atoms with Gasteiger partial charge >= 0.3 is 5.51 Å². The first-order chi connectivity index (χ1) is 10.7. The van der Waals surface area contributed by atoms with E-state index in [4.69, 9.17) is 4.74 Å². The molecule has 1 aliphatic heterocycles. The van der Waals surface area contributed by atoms with Gasteiger partial charge in [-0.25, -0.2) is 12.8 Å². The van der Waals surface area contributed by atoms with Gasteiger partial charge in [-0.1, -0.05) is 0 Å². The minimum absolute atomic E-state index is 0.145. The number of piperidine rings is 1. The second-order valence-electron chi connectivity index (χ2n) is 5.23. The Kier molecular flexibility index (Phi) is 5.20. The number of hydrogen-bond acceptors (Lipinski definition) is 4. The quantitative estimate of drug-likeness (QED) is 0.779. The average Bonchev–Trinajstić information content (AvgIpc) is 2.46. The van der Waals surface area contributed by atoms with Crippen LogP contribution in [0, 0.1) is 5.82 Å². The van der Waals surface area contributed by atoms with Crippen LogP contribution >= 0.6 is 0 Å². The Morgan fingerprint density at radius 2 is 2.04 bits per heavy atom. The Bertz CT molecular complexity index is 658. The zero-order chi connectivity index (χ0) is 17.3. The maximum Gasteiger partial charge on any atom is 0.501 e. The molecule has 1 atom stereocenters. The molecule has 1 fully saturated rings. The smallest absolute Gasteiger partial charge is 0.377 e. The van der Waals surface area contributed by atoms with Crippen molar-refractivity contribution in [1.82, 2.24) is 0 Å². The van der Waals surface area contributed by atoms with Gasteiger partial charge in [0.15, 0.2) is 0 Å². The highest BCUT2D eigenvalue weighted by Crippen LogP contribution is 2.37. The van der Waals surface area contributed by atoms with E-state index in [1.807, 2.05) is 0 Å². The third-order valence-corrected chi connectivity index (χ3v) is 5.15. The summed E-state index contributed by atoms with van der Waals surface area (Å²) in [5.41, 5.74) is -5.63. The van der Waals surface area contributed by atoms with Gasteiger partial charge in [-0.05, 0) is 38.0 Å². The third-order valence-electron chi connectivity index (χ3n) is 3.64. The predicted molar refractivity (Wildman–Crippen MR) is 76.5 cm³/mol. The number of ether oxygens (including phenoxy) is 1. The number of hydrogen-bond donors (Lipinski definition) is 0. The molecule has 1 heterocycles. The van der Waals surface area contributed by atoms with E-state index in [1.54, 1.807) is 6.92 Å². The highest BCUT2D eigenvalue weighted by molar-refractivity contribution is 7.92. The van der Waals surface area contributed by atoms with E-state index in [2.05, 4.69) is 0 Å². The van der Waals surface area contributed by atoms with Crippen LogP contribution in [0.1, 0.15) is 19.8 Å². The van der Waals surface area contributed by atoms with Gasteiger partial charge in [0, 0.05) is 19.7 Å². The summed E-state index contributed by atoms with van der Waals surface area (Å²) in [4.78, 5) is 0.448. The maximum atomic E-state index is 13.4. The summed E-state index contributed by atoms with van der Waals surface area (Å²) in [6.07, 6.45) is 1.20. The highest BCUT2D eigenvalue weighted by Gasteiger charge is 2.48. The number of nitrogens with zero attached hydrogens (tertiary/aromatic N) is 1. The molecule has 9 heteroatoms. The minimum Gasteiger partial charge on any atom is -0.377 e. The van der Waals surface area contributed by atoms with Crippen LogP contribution in [0.25, 0.3) is 0 Å². The van der Waals surface area contributed by atoms with Crippen molar-refractivity contribution in [2.24, 2.45) is 0 Å². The van der Waals surface area contributed by atoms with E-state index in [9.17, 15) is 26.0 Å². The number of benzene rings is 1. The standard InChI is InChI=1S/C14H17F4NO3S/c1-2-22-11-4-3-7-19(9-11)12-6-5-10(15)8-13(12)23(20,21)14(16,17)18/h5-6,8,11H,2-4,7,9H2,1H3. The maximum absolute atomic E-state index is 13.4. The average molecular weight is 355 g/mol. The van der Waals surface area contributed by atoms with Crippen molar-refractivity contribution in [1.29, 1.82) is 0 Å².